The van der Waals surface area contributed by atoms with Gasteiger partial charge in [0, 0.05) is 32.0 Å². The lowest BCUT2D eigenvalue weighted by Gasteiger charge is -2.09. The number of nitrogens with zero attached hydrogens (tertiary/aromatic N) is 1. The standard InChI is InChI=1S/C11H11Br3N2/c1-16(2)5-7-6-3-8(12)9(13)4-10(6)15-11(7)14/h3-4,15H,5H2,1-2H3. The number of hydrogen-bond donors (Lipinski definition) is 1. The lowest BCUT2D eigenvalue weighted by Crippen LogP contribution is -2.10. The molecule has 0 bridgehead atoms. The Morgan fingerprint density at radius 2 is 1.75 bits per heavy atom. The minimum Gasteiger partial charge on any atom is -0.349 e. The molecule has 0 saturated carbocycles. The Morgan fingerprint density at radius 3 is 2.38 bits per heavy atom. The highest BCUT2D eigenvalue weighted by Crippen LogP contribution is 2.33. The summed E-state index contributed by atoms with van der Waals surface area (Å²) in [5, 5.41) is 1.25. The van der Waals surface area contributed by atoms with E-state index in [0.717, 1.165) is 25.6 Å². The van der Waals surface area contributed by atoms with E-state index in [9.17, 15) is 0 Å². The van der Waals surface area contributed by atoms with E-state index in [2.05, 4.69) is 83.9 Å². The molecule has 0 aliphatic rings. The Bertz CT molecular complexity index is 531. The molecule has 0 saturated heterocycles. The number of benzene rings is 1. The Morgan fingerprint density at radius 1 is 1.12 bits per heavy atom. The summed E-state index contributed by atoms with van der Waals surface area (Å²) in [6, 6.07) is 4.23. The predicted molar refractivity (Wildman–Crippen MR) is 78.8 cm³/mol. The molecule has 1 aromatic carbocycles. The van der Waals surface area contributed by atoms with Gasteiger partial charge in [-0.25, -0.2) is 0 Å². The number of aromatic nitrogens is 1. The average molecular weight is 411 g/mol. The van der Waals surface area contributed by atoms with Gasteiger partial charge in [0.15, 0.2) is 0 Å². The van der Waals surface area contributed by atoms with E-state index in [1.807, 2.05) is 0 Å². The fraction of sp³-hybridized carbons (Fsp3) is 0.273. The van der Waals surface area contributed by atoms with Crippen LogP contribution in [0.5, 0.6) is 0 Å². The fourth-order valence-electron chi connectivity index (χ4n) is 1.68. The second-order valence-corrected chi connectivity index (χ2v) is 6.47. The highest BCUT2D eigenvalue weighted by Gasteiger charge is 2.12. The van der Waals surface area contributed by atoms with Gasteiger partial charge in [0.25, 0.3) is 0 Å². The van der Waals surface area contributed by atoms with Crippen LogP contribution in [0.3, 0.4) is 0 Å². The first kappa shape index (κ1) is 12.6. The van der Waals surface area contributed by atoms with Gasteiger partial charge in [0.2, 0.25) is 0 Å². The molecule has 0 spiro atoms. The second kappa shape index (κ2) is 4.80. The van der Waals surface area contributed by atoms with Crippen molar-refractivity contribution in [2.24, 2.45) is 0 Å². The number of fused-ring (bicyclic) bond motifs is 1. The topological polar surface area (TPSA) is 19.0 Å². The molecule has 2 rings (SSSR count). The molecule has 0 unspecified atom stereocenters. The molecule has 1 N–H and O–H groups in total. The molecule has 2 aromatic rings. The van der Waals surface area contributed by atoms with Crippen LogP contribution in [0, 0.1) is 0 Å². The van der Waals surface area contributed by atoms with Crippen LogP contribution in [-0.2, 0) is 6.54 Å². The zero-order valence-corrected chi connectivity index (χ0v) is 13.7. The molecule has 16 heavy (non-hydrogen) atoms. The largest absolute Gasteiger partial charge is 0.349 e. The van der Waals surface area contributed by atoms with Crippen molar-refractivity contribution >= 4 is 58.7 Å². The van der Waals surface area contributed by atoms with E-state index in [-0.39, 0.29) is 0 Å². The number of nitrogens with one attached hydrogen (secondary N) is 1. The van der Waals surface area contributed by atoms with Crippen molar-refractivity contribution in [3.05, 3.63) is 31.2 Å². The summed E-state index contributed by atoms with van der Waals surface area (Å²) in [7, 11) is 4.14. The molecule has 86 valence electrons. The lowest BCUT2D eigenvalue weighted by molar-refractivity contribution is 0.403. The van der Waals surface area contributed by atoms with Crippen LogP contribution >= 0.6 is 47.8 Å². The maximum absolute atomic E-state index is 3.57. The number of aromatic amines is 1. The van der Waals surface area contributed by atoms with Crippen LogP contribution in [0.1, 0.15) is 5.56 Å². The molecular formula is C11H11Br3N2. The summed E-state index contributed by atoms with van der Waals surface area (Å²) in [6.45, 7) is 0.911. The summed E-state index contributed by atoms with van der Waals surface area (Å²) in [5.74, 6) is 0. The van der Waals surface area contributed by atoms with Crippen LogP contribution in [0.15, 0.2) is 25.7 Å². The Kier molecular flexibility index (Phi) is 3.79. The first-order chi connectivity index (χ1) is 7.49. The molecule has 0 aliphatic heterocycles. The van der Waals surface area contributed by atoms with E-state index in [1.54, 1.807) is 0 Å². The Balaban J connectivity index is 2.64. The average Bonchev–Trinajstić information content (AvgIpc) is 2.45. The first-order valence-electron chi connectivity index (χ1n) is 4.79. The minimum atomic E-state index is 0.911. The first-order valence-corrected chi connectivity index (χ1v) is 7.16. The summed E-state index contributed by atoms with van der Waals surface area (Å²) in [6.07, 6.45) is 0. The normalized spacial score (nSPS) is 11.6. The third-order valence-electron chi connectivity index (χ3n) is 2.37. The molecule has 0 amide bonds. The fourth-order valence-corrected chi connectivity index (χ4v) is 2.92. The Hall–Kier alpha value is 0.160. The summed E-state index contributed by atoms with van der Waals surface area (Å²) >= 11 is 10.6. The van der Waals surface area contributed by atoms with Crippen molar-refractivity contribution in [1.29, 1.82) is 0 Å². The van der Waals surface area contributed by atoms with Crippen LogP contribution in [0.2, 0.25) is 0 Å². The molecule has 0 aliphatic carbocycles. The SMILES string of the molecule is CN(C)Cc1c(Br)[nH]c2cc(Br)c(Br)cc12. The van der Waals surface area contributed by atoms with E-state index < -0.39 is 0 Å². The predicted octanol–water partition coefficient (Wildman–Crippen LogP) is 4.52. The van der Waals surface area contributed by atoms with E-state index in [1.165, 1.54) is 10.9 Å². The van der Waals surface area contributed by atoms with Crippen molar-refractivity contribution < 1.29 is 0 Å². The maximum Gasteiger partial charge on any atom is 0.0876 e. The van der Waals surface area contributed by atoms with Crippen LogP contribution in [0.4, 0.5) is 0 Å². The lowest BCUT2D eigenvalue weighted by atomic mass is 10.2. The minimum absolute atomic E-state index is 0.911. The molecule has 2 nitrogen and oxygen atoms in total. The van der Waals surface area contributed by atoms with Crippen molar-refractivity contribution in [3.8, 4) is 0 Å². The monoisotopic (exact) mass is 408 g/mol. The van der Waals surface area contributed by atoms with Gasteiger partial charge in [-0.3, -0.25) is 0 Å². The molecule has 1 heterocycles. The summed E-state index contributed by atoms with van der Waals surface area (Å²) in [5.41, 5.74) is 2.42. The zero-order chi connectivity index (χ0) is 11.9. The summed E-state index contributed by atoms with van der Waals surface area (Å²) < 4.78 is 3.19. The number of H-pyrrole nitrogens is 1. The number of halogens is 3. The zero-order valence-electron chi connectivity index (χ0n) is 8.94. The highest BCUT2D eigenvalue weighted by atomic mass is 79.9. The van der Waals surface area contributed by atoms with Crippen LogP contribution in [-0.4, -0.2) is 24.0 Å². The highest BCUT2D eigenvalue weighted by molar-refractivity contribution is 9.13. The molecule has 5 heteroatoms. The smallest absolute Gasteiger partial charge is 0.0876 e. The molecular weight excluding hydrogens is 400 g/mol. The van der Waals surface area contributed by atoms with Crippen LogP contribution in [0.25, 0.3) is 10.9 Å². The molecule has 0 radical (unpaired) electrons. The molecule has 1 aromatic heterocycles. The van der Waals surface area contributed by atoms with Gasteiger partial charge in [-0.15, -0.1) is 0 Å². The van der Waals surface area contributed by atoms with Crippen molar-refractivity contribution in [2.45, 2.75) is 6.54 Å². The van der Waals surface area contributed by atoms with Gasteiger partial charge in [0.05, 0.1) is 4.60 Å². The van der Waals surface area contributed by atoms with E-state index >= 15 is 0 Å². The molecule has 0 atom stereocenters. The van der Waals surface area contributed by atoms with Gasteiger partial charge in [-0.2, -0.15) is 0 Å². The quantitative estimate of drug-likeness (QED) is 0.771. The van der Waals surface area contributed by atoms with Crippen LogP contribution < -0.4 is 0 Å². The van der Waals surface area contributed by atoms with Gasteiger partial charge in [-0.1, -0.05) is 0 Å². The molecule has 0 fully saturated rings. The second-order valence-electron chi connectivity index (χ2n) is 3.97. The number of hydrogen-bond acceptors (Lipinski definition) is 1. The third-order valence-corrected chi connectivity index (χ3v) is 4.89. The van der Waals surface area contributed by atoms with Crippen molar-refractivity contribution in [3.63, 3.8) is 0 Å². The third kappa shape index (κ3) is 2.37. The van der Waals surface area contributed by atoms with Crippen molar-refractivity contribution in [1.82, 2.24) is 9.88 Å². The van der Waals surface area contributed by atoms with Gasteiger partial charge >= 0.3 is 0 Å². The number of rotatable bonds is 2. The van der Waals surface area contributed by atoms with Crippen molar-refractivity contribution in [2.75, 3.05) is 14.1 Å². The maximum atomic E-state index is 3.57. The van der Waals surface area contributed by atoms with Gasteiger partial charge < -0.3 is 9.88 Å². The van der Waals surface area contributed by atoms with E-state index in [4.69, 9.17) is 0 Å². The van der Waals surface area contributed by atoms with Gasteiger partial charge in [-0.05, 0) is 74.0 Å². The van der Waals surface area contributed by atoms with Gasteiger partial charge in [0.1, 0.15) is 0 Å². The van der Waals surface area contributed by atoms with E-state index in [0.29, 0.717) is 0 Å². The summed E-state index contributed by atoms with van der Waals surface area (Å²) in [4.78, 5) is 5.50. The Labute approximate surface area is 120 Å².